The largest absolute Gasteiger partial charge is 0.469 e. The molecule has 0 aromatic carbocycles. The van der Waals surface area contributed by atoms with E-state index < -0.39 is 0 Å². The monoisotopic (exact) mass is 276 g/mol. The first-order valence-corrected chi connectivity index (χ1v) is 8.22. The molecule has 112 valence electrons. The number of rotatable bonds is 4. The van der Waals surface area contributed by atoms with Crippen LogP contribution >= 0.6 is 0 Å². The van der Waals surface area contributed by atoms with Crippen LogP contribution in [-0.4, -0.2) is 13.1 Å². The molecule has 0 unspecified atom stereocenters. The van der Waals surface area contributed by atoms with Crippen molar-refractivity contribution in [2.45, 2.75) is 57.8 Å². The Kier molecular flexibility index (Phi) is 6.35. The standard InChI is InChI=1S/C18H28O2/c1-20-18(19)17-13-11-16(12-14-17)10-6-5-9-15-7-3-2-4-8-15/h5-6,9-10,15-17H,2-4,7-8,11-14H2,1H3. The molecule has 0 aromatic rings. The lowest BCUT2D eigenvalue weighted by atomic mass is 9.82. The van der Waals surface area contributed by atoms with Crippen molar-refractivity contribution in [1.29, 1.82) is 0 Å². The molecular formula is C18H28O2. The van der Waals surface area contributed by atoms with Crippen molar-refractivity contribution in [3.8, 4) is 0 Å². The molecule has 2 saturated carbocycles. The van der Waals surface area contributed by atoms with Crippen molar-refractivity contribution in [1.82, 2.24) is 0 Å². The smallest absolute Gasteiger partial charge is 0.308 e. The Hall–Kier alpha value is -1.05. The molecule has 0 aliphatic heterocycles. The number of ether oxygens (including phenoxy) is 1. The normalized spacial score (nSPS) is 29.1. The summed E-state index contributed by atoms with van der Waals surface area (Å²) >= 11 is 0. The molecule has 0 N–H and O–H groups in total. The molecule has 0 aromatic heterocycles. The van der Waals surface area contributed by atoms with E-state index in [-0.39, 0.29) is 11.9 Å². The average Bonchev–Trinajstić information content (AvgIpc) is 2.52. The van der Waals surface area contributed by atoms with E-state index in [0.29, 0.717) is 5.92 Å². The van der Waals surface area contributed by atoms with Crippen molar-refractivity contribution in [2.75, 3.05) is 7.11 Å². The van der Waals surface area contributed by atoms with E-state index in [9.17, 15) is 4.79 Å². The van der Waals surface area contributed by atoms with Gasteiger partial charge in [-0.3, -0.25) is 4.79 Å². The second-order valence-electron chi connectivity index (χ2n) is 6.30. The van der Waals surface area contributed by atoms with E-state index in [2.05, 4.69) is 24.3 Å². The Balaban J connectivity index is 1.68. The quantitative estimate of drug-likeness (QED) is 0.551. The molecule has 2 heteroatoms. The fraction of sp³-hybridized carbons (Fsp3) is 0.722. The minimum absolute atomic E-state index is 0.0235. The average molecular weight is 276 g/mol. The lowest BCUT2D eigenvalue weighted by molar-refractivity contribution is -0.146. The fourth-order valence-electron chi connectivity index (χ4n) is 3.48. The Morgan fingerprint density at radius 3 is 1.95 bits per heavy atom. The van der Waals surface area contributed by atoms with E-state index in [1.165, 1.54) is 39.2 Å². The summed E-state index contributed by atoms with van der Waals surface area (Å²) in [6.45, 7) is 0. The van der Waals surface area contributed by atoms with E-state index >= 15 is 0 Å². The summed E-state index contributed by atoms with van der Waals surface area (Å²) < 4.78 is 4.82. The van der Waals surface area contributed by atoms with E-state index in [1.807, 2.05) is 0 Å². The summed E-state index contributed by atoms with van der Waals surface area (Å²) in [4.78, 5) is 11.5. The van der Waals surface area contributed by atoms with Crippen LogP contribution in [0.2, 0.25) is 0 Å². The number of hydrogen-bond acceptors (Lipinski definition) is 2. The van der Waals surface area contributed by atoms with Gasteiger partial charge in [0, 0.05) is 0 Å². The van der Waals surface area contributed by atoms with Gasteiger partial charge in [-0.2, -0.15) is 0 Å². The minimum Gasteiger partial charge on any atom is -0.469 e. The van der Waals surface area contributed by atoms with Crippen LogP contribution in [0.25, 0.3) is 0 Å². The third-order valence-corrected chi connectivity index (χ3v) is 4.83. The zero-order chi connectivity index (χ0) is 14.2. The van der Waals surface area contributed by atoms with Gasteiger partial charge in [-0.15, -0.1) is 0 Å². The van der Waals surface area contributed by atoms with Gasteiger partial charge in [-0.25, -0.2) is 0 Å². The lowest BCUT2D eigenvalue weighted by Gasteiger charge is -2.24. The molecule has 0 heterocycles. The maximum absolute atomic E-state index is 11.5. The first kappa shape index (κ1) is 15.3. The molecule has 2 fully saturated rings. The molecule has 0 saturated heterocycles. The lowest BCUT2D eigenvalue weighted by Crippen LogP contribution is -2.22. The van der Waals surface area contributed by atoms with Crippen LogP contribution in [0.3, 0.4) is 0 Å². The van der Waals surface area contributed by atoms with Gasteiger partial charge >= 0.3 is 5.97 Å². The topological polar surface area (TPSA) is 26.3 Å². The third-order valence-electron chi connectivity index (χ3n) is 4.83. The van der Waals surface area contributed by atoms with Crippen LogP contribution in [0, 0.1) is 17.8 Å². The van der Waals surface area contributed by atoms with Crippen LogP contribution in [0.5, 0.6) is 0 Å². The predicted molar refractivity (Wildman–Crippen MR) is 82.3 cm³/mol. The van der Waals surface area contributed by atoms with Gasteiger partial charge in [-0.05, 0) is 50.4 Å². The summed E-state index contributed by atoms with van der Waals surface area (Å²) in [6.07, 6.45) is 20.3. The molecule has 2 aliphatic carbocycles. The summed E-state index contributed by atoms with van der Waals surface area (Å²) in [7, 11) is 1.49. The Morgan fingerprint density at radius 2 is 1.40 bits per heavy atom. The number of carbonyl (C=O) groups is 1. The number of carbonyl (C=O) groups excluding carboxylic acids is 1. The van der Waals surface area contributed by atoms with Crippen molar-refractivity contribution >= 4 is 5.97 Å². The third kappa shape index (κ3) is 4.81. The molecule has 2 aliphatic rings. The number of esters is 1. The molecular weight excluding hydrogens is 248 g/mol. The van der Waals surface area contributed by atoms with E-state index in [1.54, 1.807) is 0 Å². The predicted octanol–water partition coefficient (Wildman–Crippen LogP) is 4.66. The maximum atomic E-state index is 11.5. The summed E-state index contributed by atoms with van der Waals surface area (Å²) in [6, 6.07) is 0. The maximum Gasteiger partial charge on any atom is 0.308 e. The zero-order valence-corrected chi connectivity index (χ0v) is 12.7. The number of allylic oxidation sites excluding steroid dienone is 4. The highest BCUT2D eigenvalue weighted by Gasteiger charge is 2.25. The van der Waals surface area contributed by atoms with Crippen LogP contribution in [0.4, 0.5) is 0 Å². The van der Waals surface area contributed by atoms with Gasteiger partial charge in [0.15, 0.2) is 0 Å². The zero-order valence-electron chi connectivity index (χ0n) is 12.7. The molecule has 0 amide bonds. The molecule has 0 radical (unpaired) electrons. The van der Waals surface area contributed by atoms with Crippen molar-refractivity contribution in [2.24, 2.45) is 17.8 Å². The Morgan fingerprint density at radius 1 is 0.850 bits per heavy atom. The second kappa shape index (κ2) is 8.28. The molecule has 0 atom stereocenters. The highest BCUT2D eigenvalue weighted by atomic mass is 16.5. The fourth-order valence-corrected chi connectivity index (χ4v) is 3.48. The van der Waals surface area contributed by atoms with Crippen LogP contribution < -0.4 is 0 Å². The second-order valence-corrected chi connectivity index (χ2v) is 6.30. The summed E-state index contributed by atoms with van der Waals surface area (Å²) in [5.74, 6) is 1.57. The van der Waals surface area contributed by atoms with Gasteiger partial charge in [-0.1, -0.05) is 43.6 Å². The highest BCUT2D eigenvalue weighted by Crippen LogP contribution is 2.30. The van der Waals surface area contributed by atoms with Gasteiger partial charge in [0.1, 0.15) is 0 Å². The van der Waals surface area contributed by atoms with Crippen LogP contribution in [0.1, 0.15) is 57.8 Å². The van der Waals surface area contributed by atoms with Gasteiger partial charge in [0.25, 0.3) is 0 Å². The van der Waals surface area contributed by atoms with Crippen molar-refractivity contribution in [3.63, 3.8) is 0 Å². The SMILES string of the molecule is COC(=O)C1CCC(C=CC=CC2CCCCC2)CC1. The highest BCUT2D eigenvalue weighted by molar-refractivity contribution is 5.72. The Bertz CT molecular complexity index is 342. The van der Waals surface area contributed by atoms with Crippen LogP contribution in [0.15, 0.2) is 24.3 Å². The van der Waals surface area contributed by atoms with Crippen molar-refractivity contribution < 1.29 is 9.53 Å². The first-order chi connectivity index (χ1) is 9.79. The number of methoxy groups -OCH3 is 1. The molecule has 0 spiro atoms. The summed E-state index contributed by atoms with van der Waals surface area (Å²) in [5, 5.41) is 0. The first-order valence-electron chi connectivity index (χ1n) is 8.22. The van der Waals surface area contributed by atoms with Gasteiger partial charge < -0.3 is 4.74 Å². The molecule has 0 bridgehead atoms. The minimum atomic E-state index is -0.0235. The van der Waals surface area contributed by atoms with Crippen LogP contribution in [-0.2, 0) is 9.53 Å². The van der Waals surface area contributed by atoms with Gasteiger partial charge in [0.05, 0.1) is 13.0 Å². The van der Waals surface area contributed by atoms with E-state index in [4.69, 9.17) is 4.74 Å². The van der Waals surface area contributed by atoms with E-state index in [0.717, 1.165) is 31.6 Å². The van der Waals surface area contributed by atoms with Gasteiger partial charge in [0.2, 0.25) is 0 Å². The number of hydrogen-bond donors (Lipinski definition) is 0. The Labute approximate surface area is 123 Å². The molecule has 2 rings (SSSR count). The summed E-state index contributed by atoms with van der Waals surface area (Å²) in [5.41, 5.74) is 0. The molecule has 2 nitrogen and oxygen atoms in total. The van der Waals surface area contributed by atoms with Crippen molar-refractivity contribution in [3.05, 3.63) is 24.3 Å². The molecule has 20 heavy (non-hydrogen) atoms.